The van der Waals surface area contributed by atoms with Crippen LogP contribution >= 0.6 is 0 Å². The highest BCUT2D eigenvalue weighted by Crippen LogP contribution is 2.24. The lowest BCUT2D eigenvalue weighted by molar-refractivity contribution is 0.309. The summed E-state index contributed by atoms with van der Waals surface area (Å²) in [4.78, 5) is 3.17. The molecule has 1 aromatic carbocycles. The maximum absolute atomic E-state index is 13.5. The topological polar surface area (TPSA) is 22.1 Å². The van der Waals surface area contributed by atoms with Crippen molar-refractivity contribution in [3.05, 3.63) is 48.3 Å². The van der Waals surface area contributed by atoms with Crippen LogP contribution in [0.3, 0.4) is 0 Å². The number of aromatic nitrogens is 1. The Labute approximate surface area is 111 Å². The molecule has 100 valence electrons. The van der Waals surface area contributed by atoms with Crippen molar-refractivity contribution in [1.29, 1.82) is 0 Å². The van der Waals surface area contributed by atoms with Crippen LogP contribution in [0.2, 0.25) is 0 Å². The van der Waals surface area contributed by atoms with E-state index in [9.17, 15) is 8.78 Å². The molecule has 0 saturated carbocycles. The average molecular weight is 263 g/mol. The van der Waals surface area contributed by atoms with Crippen molar-refractivity contribution in [3.8, 4) is 16.9 Å². The number of halogens is 2. The molecule has 0 atom stereocenters. The number of nitrogens with zero attached hydrogens (tertiary/aromatic N) is 1. The number of unbranched alkanes of at least 4 members (excludes halogenated alkanes) is 1. The van der Waals surface area contributed by atoms with Gasteiger partial charge in [0.1, 0.15) is 5.75 Å². The summed E-state index contributed by atoms with van der Waals surface area (Å²) in [5, 5.41) is 0. The second kappa shape index (κ2) is 6.27. The van der Waals surface area contributed by atoms with Crippen LogP contribution in [0, 0.1) is 11.9 Å². The van der Waals surface area contributed by atoms with E-state index in [4.69, 9.17) is 4.74 Å². The lowest BCUT2D eigenvalue weighted by atomic mass is 10.1. The summed E-state index contributed by atoms with van der Waals surface area (Å²) in [6.07, 6.45) is 2.07. The van der Waals surface area contributed by atoms with Crippen LogP contribution in [0.5, 0.6) is 5.75 Å². The SMILES string of the molecule is CCCCOc1ccc(-c2ccc(F)nc2F)cc1. The predicted octanol–water partition coefficient (Wildman–Crippen LogP) is 4.21. The summed E-state index contributed by atoms with van der Waals surface area (Å²) in [6.45, 7) is 2.76. The highest BCUT2D eigenvalue weighted by Gasteiger charge is 2.07. The highest BCUT2D eigenvalue weighted by molar-refractivity contribution is 5.63. The average Bonchev–Trinajstić information content (AvgIpc) is 2.40. The number of hydrogen-bond acceptors (Lipinski definition) is 2. The van der Waals surface area contributed by atoms with Crippen molar-refractivity contribution in [2.75, 3.05) is 6.61 Å². The van der Waals surface area contributed by atoms with Crippen molar-refractivity contribution in [3.63, 3.8) is 0 Å². The van der Waals surface area contributed by atoms with E-state index in [1.165, 1.54) is 6.07 Å². The summed E-state index contributed by atoms with van der Waals surface area (Å²) in [7, 11) is 0. The van der Waals surface area contributed by atoms with Gasteiger partial charge in [-0.3, -0.25) is 0 Å². The third-order valence-corrected chi connectivity index (χ3v) is 2.75. The zero-order chi connectivity index (χ0) is 13.7. The van der Waals surface area contributed by atoms with Crippen LogP contribution in [-0.2, 0) is 0 Å². The second-order valence-electron chi connectivity index (χ2n) is 4.20. The molecular formula is C15H15F2NO. The van der Waals surface area contributed by atoms with Crippen LogP contribution in [-0.4, -0.2) is 11.6 Å². The van der Waals surface area contributed by atoms with E-state index in [1.807, 2.05) is 0 Å². The summed E-state index contributed by atoms with van der Waals surface area (Å²) < 4.78 is 31.7. The van der Waals surface area contributed by atoms with E-state index in [0.29, 0.717) is 12.2 Å². The lowest BCUT2D eigenvalue weighted by Crippen LogP contribution is -1.96. The maximum atomic E-state index is 13.5. The molecule has 2 aromatic rings. The molecule has 0 amide bonds. The Morgan fingerprint density at radius 3 is 2.42 bits per heavy atom. The molecule has 0 aliphatic carbocycles. The zero-order valence-electron chi connectivity index (χ0n) is 10.7. The van der Waals surface area contributed by atoms with Crippen molar-refractivity contribution < 1.29 is 13.5 Å². The molecule has 2 rings (SSSR count). The Bertz CT molecular complexity index is 540. The van der Waals surface area contributed by atoms with E-state index < -0.39 is 11.9 Å². The van der Waals surface area contributed by atoms with Crippen LogP contribution in [0.15, 0.2) is 36.4 Å². The number of ether oxygens (including phenoxy) is 1. The lowest BCUT2D eigenvalue weighted by Gasteiger charge is -2.07. The molecule has 0 radical (unpaired) electrons. The molecular weight excluding hydrogens is 248 g/mol. The van der Waals surface area contributed by atoms with Crippen LogP contribution in [0.4, 0.5) is 8.78 Å². The van der Waals surface area contributed by atoms with Gasteiger partial charge in [-0.05, 0) is 36.2 Å². The third-order valence-electron chi connectivity index (χ3n) is 2.75. The maximum Gasteiger partial charge on any atom is 0.223 e. The molecule has 0 bridgehead atoms. The summed E-state index contributed by atoms with van der Waals surface area (Å²) >= 11 is 0. The quantitative estimate of drug-likeness (QED) is 0.595. The van der Waals surface area contributed by atoms with Gasteiger partial charge in [0.15, 0.2) is 0 Å². The fraction of sp³-hybridized carbons (Fsp3) is 0.267. The number of hydrogen-bond donors (Lipinski definition) is 0. The molecule has 1 aromatic heterocycles. The molecule has 1 heterocycles. The molecule has 2 nitrogen and oxygen atoms in total. The van der Waals surface area contributed by atoms with Crippen LogP contribution < -0.4 is 4.74 Å². The van der Waals surface area contributed by atoms with Gasteiger partial charge < -0.3 is 4.74 Å². The van der Waals surface area contributed by atoms with Crippen molar-refractivity contribution in [2.24, 2.45) is 0 Å². The van der Waals surface area contributed by atoms with Crippen molar-refractivity contribution in [1.82, 2.24) is 4.98 Å². The van der Waals surface area contributed by atoms with E-state index in [-0.39, 0.29) is 5.56 Å². The Hall–Kier alpha value is -1.97. The molecule has 0 fully saturated rings. The van der Waals surface area contributed by atoms with E-state index in [2.05, 4.69) is 11.9 Å². The molecule has 0 unspecified atom stereocenters. The summed E-state index contributed by atoms with van der Waals surface area (Å²) in [6, 6.07) is 9.54. The van der Waals surface area contributed by atoms with Gasteiger partial charge >= 0.3 is 0 Å². The van der Waals surface area contributed by atoms with Crippen LogP contribution in [0.1, 0.15) is 19.8 Å². The molecule has 4 heteroatoms. The standard InChI is InChI=1S/C15H15F2NO/c1-2-3-10-19-12-6-4-11(5-7-12)13-8-9-14(16)18-15(13)17/h4-9H,2-3,10H2,1H3. The number of benzene rings is 1. The Balaban J connectivity index is 2.13. The molecule has 0 saturated heterocycles. The Morgan fingerprint density at radius 1 is 1.05 bits per heavy atom. The first kappa shape index (κ1) is 13.5. The second-order valence-corrected chi connectivity index (χ2v) is 4.20. The van der Waals surface area contributed by atoms with Gasteiger partial charge in [-0.1, -0.05) is 25.5 Å². The fourth-order valence-corrected chi connectivity index (χ4v) is 1.69. The fourth-order valence-electron chi connectivity index (χ4n) is 1.69. The van der Waals surface area contributed by atoms with Gasteiger partial charge in [-0.25, -0.2) is 0 Å². The molecule has 0 aliphatic rings. The third kappa shape index (κ3) is 3.50. The summed E-state index contributed by atoms with van der Waals surface area (Å²) in [5.74, 6) is -0.881. The van der Waals surface area contributed by atoms with Crippen molar-refractivity contribution in [2.45, 2.75) is 19.8 Å². The predicted molar refractivity (Wildman–Crippen MR) is 70.0 cm³/mol. The zero-order valence-corrected chi connectivity index (χ0v) is 10.7. The first-order valence-electron chi connectivity index (χ1n) is 6.26. The molecule has 0 spiro atoms. The molecule has 0 aliphatic heterocycles. The smallest absolute Gasteiger partial charge is 0.223 e. The van der Waals surface area contributed by atoms with Gasteiger partial charge in [-0.15, -0.1) is 0 Å². The van der Waals surface area contributed by atoms with Gasteiger partial charge in [0.2, 0.25) is 11.9 Å². The number of pyridine rings is 1. The van der Waals surface area contributed by atoms with Gasteiger partial charge in [0, 0.05) is 5.56 Å². The highest BCUT2D eigenvalue weighted by atomic mass is 19.1. The van der Waals surface area contributed by atoms with E-state index >= 15 is 0 Å². The monoisotopic (exact) mass is 263 g/mol. The number of rotatable bonds is 5. The van der Waals surface area contributed by atoms with E-state index in [1.54, 1.807) is 24.3 Å². The van der Waals surface area contributed by atoms with Gasteiger partial charge in [0.25, 0.3) is 0 Å². The first-order chi connectivity index (χ1) is 9.20. The summed E-state index contributed by atoms with van der Waals surface area (Å²) in [5.41, 5.74) is 0.925. The largest absolute Gasteiger partial charge is 0.494 e. The Kier molecular flexibility index (Phi) is 4.44. The van der Waals surface area contributed by atoms with Gasteiger partial charge in [-0.2, -0.15) is 13.8 Å². The normalized spacial score (nSPS) is 10.5. The van der Waals surface area contributed by atoms with Crippen molar-refractivity contribution >= 4 is 0 Å². The molecule has 19 heavy (non-hydrogen) atoms. The van der Waals surface area contributed by atoms with E-state index in [0.717, 1.165) is 24.7 Å². The minimum Gasteiger partial charge on any atom is -0.494 e. The Morgan fingerprint density at radius 2 is 1.79 bits per heavy atom. The molecule has 0 N–H and O–H groups in total. The first-order valence-corrected chi connectivity index (χ1v) is 6.26. The minimum absolute atomic E-state index is 0.279. The minimum atomic E-state index is -0.819. The van der Waals surface area contributed by atoms with Gasteiger partial charge in [0.05, 0.1) is 6.61 Å². The van der Waals surface area contributed by atoms with Crippen LogP contribution in [0.25, 0.3) is 11.1 Å².